The van der Waals surface area contributed by atoms with Gasteiger partial charge in [0, 0.05) is 12.6 Å². The summed E-state index contributed by atoms with van der Waals surface area (Å²) in [5.74, 6) is 0.526. The highest BCUT2D eigenvalue weighted by molar-refractivity contribution is 5.84. The summed E-state index contributed by atoms with van der Waals surface area (Å²) in [5.41, 5.74) is 0.823. The molecule has 5 heteroatoms. The van der Waals surface area contributed by atoms with Crippen LogP contribution < -0.4 is 4.74 Å². The second-order valence-electron chi connectivity index (χ2n) is 5.63. The maximum Gasteiger partial charge on any atom is 0.260 e. The monoisotopic (exact) mass is 299 g/mol. The molecule has 5 nitrogen and oxygen atoms in total. The van der Waals surface area contributed by atoms with E-state index in [0.717, 1.165) is 36.7 Å². The number of hydrogen-bond acceptors (Lipinski definition) is 4. The number of benzene rings is 1. The predicted octanol–water partition coefficient (Wildman–Crippen LogP) is 2.80. The van der Waals surface area contributed by atoms with Crippen molar-refractivity contribution in [2.24, 2.45) is 0 Å². The minimum atomic E-state index is 0.0392. The zero-order valence-electron chi connectivity index (χ0n) is 12.9. The van der Waals surface area contributed by atoms with E-state index in [2.05, 4.69) is 16.9 Å². The van der Waals surface area contributed by atoms with Gasteiger partial charge in [-0.1, -0.05) is 19.1 Å². The smallest absolute Gasteiger partial charge is 0.260 e. The molecule has 0 saturated carbocycles. The molecule has 1 atom stereocenters. The van der Waals surface area contributed by atoms with E-state index in [9.17, 15) is 4.79 Å². The van der Waals surface area contributed by atoms with Gasteiger partial charge < -0.3 is 9.64 Å². The third-order valence-electron chi connectivity index (χ3n) is 4.26. The van der Waals surface area contributed by atoms with Crippen LogP contribution in [0.15, 0.2) is 30.6 Å². The first-order chi connectivity index (χ1) is 10.8. The number of carbonyl (C=O) groups excluding carboxylic acids is 1. The van der Waals surface area contributed by atoms with Gasteiger partial charge in [0.15, 0.2) is 6.61 Å². The molecule has 1 aliphatic heterocycles. The Morgan fingerprint density at radius 2 is 2.18 bits per heavy atom. The predicted molar refractivity (Wildman–Crippen MR) is 84.7 cm³/mol. The van der Waals surface area contributed by atoms with E-state index in [-0.39, 0.29) is 12.5 Å². The standard InChI is InChI=1S/C17H21N3O2/c1-2-13-7-5-6-10-20(13)16(21)11-22-17-14-8-3-4-9-15(14)18-12-19-17/h3-4,8-9,12-13H,2,5-7,10-11H2,1H3/t13-/m1/s1. The number of hydrogen-bond donors (Lipinski definition) is 0. The van der Waals surface area contributed by atoms with Crippen LogP contribution in [0, 0.1) is 0 Å². The SMILES string of the molecule is CC[C@@H]1CCCCN1C(=O)COc1ncnc2ccccc12. The molecule has 1 saturated heterocycles. The maximum absolute atomic E-state index is 12.4. The van der Waals surface area contributed by atoms with Gasteiger partial charge in [-0.25, -0.2) is 9.97 Å². The van der Waals surface area contributed by atoms with Gasteiger partial charge in [0.25, 0.3) is 5.91 Å². The zero-order valence-corrected chi connectivity index (χ0v) is 12.9. The average Bonchev–Trinajstić information content (AvgIpc) is 2.59. The number of amides is 1. The van der Waals surface area contributed by atoms with Gasteiger partial charge in [-0.2, -0.15) is 0 Å². The molecule has 1 aliphatic rings. The first kappa shape index (κ1) is 14.8. The van der Waals surface area contributed by atoms with Crippen LogP contribution in [-0.4, -0.2) is 40.0 Å². The lowest BCUT2D eigenvalue weighted by Crippen LogP contribution is -2.45. The second kappa shape index (κ2) is 6.73. The normalized spacial score (nSPS) is 18.4. The summed E-state index contributed by atoms with van der Waals surface area (Å²) in [5, 5.41) is 0.837. The van der Waals surface area contributed by atoms with Gasteiger partial charge in [0.05, 0.1) is 10.9 Å². The number of piperidine rings is 1. The molecular weight excluding hydrogens is 278 g/mol. The second-order valence-corrected chi connectivity index (χ2v) is 5.63. The summed E-state index contributed by atoms with van der Waals surface area (Å²) in [6.07, 6.45) is 5.86. The van der Waals surface area contributed by atoms with E-state index in [1.165, 1.54) is 12.7 Å². The third-order valence-corrected chi connectivity index (χ3v) is 4.26. The van der Waals surface area contributed by atoms with Gasteiger partial charge in [-0.15, -0.1) is 0 Å². The molecule has 0 radical (unpaired) electrons. The summed E-state index contributed by atoms with van der Waals surface area (Å²) in [6.45, 7) is 3.01. The summed E-state index contributed by atoms with van der Waals surface area (Å²) in [7, 11) is 0. The lowest BCUT2D eigenvalue weighted by Gasteiger charge is -2.35. The largest absolute Gasteiger partial charge is 0.467 e. The molecule has 0 N–H and O–H groups in total. The van der Waals surface area contributed by atoms with Crippen molar-refractivity contribution in [3.8, 4) is 5.88 Å². The number of aromatic nitrogens is 2. The quantitative estimate of drug-likeness (QED) is 0.871. The number of carbonyl (C=O) groups is 1. The third kappa shape index (κ3) is 3.03. The van der Waals surface area contributed by atoms with Crippen molar-refractivity contribution in [2.45, 2.75) is 38.6 Å². The molecule has 1 amide bonds. The number of para-hydroxylation sites is 1. The molecule has 2 aromatic rings. The fourth-order valence-electron chi connectivity index (χ4n) is 3.06. The van der Waals surface area contributed by atoms with Crippen molar-refractivity contribution in [1.29, 1.82) is 0 Å². The minimum absolute atomic E-state index is 0.0392. The lowest BCUT2D eigenvalue weighted by molar-refractivity contribution is -0.137. The van der Waals surface area contributed by atoms with E-state index >= 15 is 0 Å². The van der Waals surface area contributed by atoms with Gasteiger partial charge in [0.1, 0.15) is 6.33 Å². The Balaban J connectivity index is 1.69. The van der Waals surface area contributed by atoms with Gasteiger partial charge >= 0.3 is 0 Å². The molecule has 3 rings (SSSR count). The van der Waals surface area contributed by atoms with E-state index < -0.39 is 0 Å². The molecule has 116 valence electrons. The number of likely N-dealkylation sites (tertiary alicyclic amines) is 1. The van der Waals surface area contributed by atoms with Gasteiger partial charge in [0.2, 0.25) is 5.88 Å². The van der Waals surface area contributed by atoms with E-state index in [0.29, 0.717) is 11.9 Å². The van der Waals surface area contributed by atoms with Crippen molar-refractivity contribution in [1.82, 2.24) is 14.9 Å². The Labute approximate surface area is 130 Å². The summed E-state index contributed by atoms with van der Waals surface area (Å²) in [6, 6.07) is 8.00. The Bertz CT molecular complexity index is 654. The topological polar surface area (TPSA) is 55.3 Å². The van der Waals surface area contributed by atoms with Crippen LogP contribution >= 0.6 is 0 Å². The van der Waals surface area contributed by atoms with Crippen molar-refractivity contribution < 1.29 is 9.53 Å². The minimum Gasteiger partial charge on any atom is -0.467 e. The van der Waals surface area contributed by atoms with Crippen molar-refractivity contribution in [2.75, 3.05) is 13.2 Å². The van der Waals surface area contributed by atoms with E-state index in [1.807, 2.05) is 29.2 Å². The molecule has 1 fully saturated rings. The van der Waals surface area contributed by atoms with E-state index in [1.54, 1.807) is 0 Å². The van der Waals surface area contributed by atoms with Crippen LogP contribution in [0.2, 0.25) is 0 Å². The number of rotatable bonds is 4. The number of fused-ring (bicyclic) bond motifs is 1. The molecule has 2 heterocycles. The Morgan fingerprint density at radius 3 is 3.05 bits per heavy atom. The van der Waals surface area contributed by atoms with E-state index in [4.69, 9.17) is 4.74 Å². The van der Waals surface area contributed by atoms with Gasteiger partial charge in [-0.05, 0) is 37.8 Å². The highest BCUT2D eigenvalue weighted by Crippen LogP contribution is 2.22. The zero-order chi connectivity index (χ0) is 15.4. The molecule has 0 unspecified atom stereocenters. The van der Waals surface area contributed by atoms with Crippen LogP contribution in [0.5, 0.6) is 5.88 Å². The van der Waals surface area contributed by atoms with Crippen molar-refractivity contribution >= 4 is 16.8 Å². The summed E-state index contributed by atoms with van der Waals surface area (Å²) >= 11 is 0. The summed E-state index contributed by atoms with van der Waals surface area (Å²) < 4.78 is 5.68. The first-order valence-corrected chi connectivity index (χ1v) is 7.91. The van der Waals surface area contributed by atoms with Crippen molar-refractivity contribution in [3.05, 3.63) is 30.6 Å². The number of ether oxygens (including phenoxy) is 1. The fraction of sp³-hybridized carbons (Fsp3) is 0.471. The Hall–Kier alpha value is -2.17. The lowest BCUT2D eigenvalue weighted by atomic mass is 10.00. The molecule has 0 spiro atoms. The molecule has 22 heavy (non-hydrogen) atoms. The number of nitrogens with zero attached hydrogens (tertiary/aromatic N) is 3. The Kier molecular flexibility index (Phi) is 4.51. The van der Waals surface area contributed by atoms with Crippen LogP contribution in [0.1, 0.15) is 32.6 Å². The van der Waals surface area contributed by atoms with Gasteiger partial charge in [-0.3, -0.25) is 4.79 Å². The highest BCUT2D eigenvalue weighted by atomic mass is 16.5. The molecular formula is C17H21N3O2. The summed E-state index contributed by atoms with van der Waals surface area (Å²) in [4.78, 5) is 22.8. The first-order valence-electron chi connectivity index (χ1n) is 7.91. The maximum atomic E-state index is 12.4. The molecule has 0 bridgehead atoms. The highest BCUT2D eigenvalue weighted by Gasteiger charge is 2.25. The molecule has 0 aliphatic carbocycles. The van der Waals surface area contributed by atoms with Crippen LogP contribution in [-0.2, 0) is 4.79 Å². The molecule has 1 aromatic heterocycles. The molecule has 1 aromatic carbocycles. The fourth-order valence-corrected chi connectivity index (χ4v) is 3.06. The average molecular weight is 299 g/mol. The van der Waals surface area contributed by atoms with Crippen LogP contribution in [0.4, 0.5) is 0 Å². The Morgan fingerprint density at radius 1 is 1.32 bits per heavy atom. The van der Waals surface area contributed by atoms with Crippen LogP contribution in [0.3, 0.4) is 0 Å². The van der Waals surface area contributed by atoms with Crippen LogP contribution in [0.25, 0.3) is 10.9 Å². The van der Waals surface area contributed by atoms with Crippen molar-refractivity contribution in [3.63, 3.8) is 0 Å².